The first-order valence-electron chi connectivity index (χ1n) is 8.78. The van der Waals surface area contributed by atoms with Crippen molar-refractivity contribution < 1.29 is 9.59 Å². The van der Waals surface area contributed by atoms with Crippen LogP contribution in [0.4, 0.5) is 11.4 Å². The molecule has 0 spiro atoms. The molecule has 26 heavy (non-hydrogen) atoms. The number of benzene rings is 2. The topological polar surface area (TPSA) is 62.3 Å². The predicted octanol–water partition coefficient (Wildman–Crippen LogP) is 3.85. The SMILES string of the molecule is O=C(Nc1ccc2c(c1)N(C(=O)C1CC1)CC2)c1ccc2ncsc2c1. The van der Waals surface area contributed by atoms with E-state index < -0.39 is 0 Å². The van der Waals surface area contributed by atoms with Gasteiger partial charge in [-0.15, -0.1) is 11.3 Å². The number of fused-ring (bicyclic) bond motifs is 2. The van der Waals surface area contributed by atoms with Crippen LogP contribution in [0.3, 0.4) is 0 Å². The minimum Gasteiger partial charge on any atom is -0.322 e. The number of thiazole rings is 1. The molecule has 1 aliphatic carbocycles. The number of amides is 2. The minimum atomic E-state index is -0.154. The van der Waals surface area contributed by atoms with Crippen molar-refractivity contribution >= 4 is 44.7 Å². The first kappa shape index (κ1) is 15.5. The van der Waals surface area contributed by atoms with E-state index in [1.807, 2.05) is 35.2 Å². The van der Waals surface area contributed by atoms with E-state index in [0.717, 1.165) is 41.7 Å². The zero-order valence-corrected chi connectivity index (χ0v) is 14.9. The van der Waals surface area contributed by atoms with Crippen molar-refractivity contribution in [1.29, 1.82) is 0 Å². The average Bonchev–Trinajstić information content (AvgIpc) is 3.25. The Balaban J connectivity index is 1.39. The van der Waals surface area contributed by atoms with Crippen molar-refractivity contribution in [2.24, 2.45) is 5.92 Å². The van der Waals surface area contributed by atoms with E-state index in [2.05, 4.69) is 10.3 Å². The number of anilines is 2. The zero-order chi connectivity index (χ0) is 17.7. The number of aromatic nitrogens is 1. The number of nitrogens with one attached hydrogen (secondary N) is 1. The fraction of sp³-hybridized carbons (Fsp3) is 0.250. The molecule has 130 valence electrons. The molecule has 2 aromatic carbocycles. The number of carbonyl (C=O) groups is 2. The molecule has 0 bridgehead atoms. The van der Waals surface area contributed by atoms with Crippen LogP contribution in [0.2, 0.25) is 0 Å². The molecule has 6 heteroatoms. The van der Waals surface area contributed by atoms with E-state index in [-0.39, 0.29) is 17.7 Å². The minimum absolute atomic E-state index is 0.154. The van der Waals surface area contributed by atoms with Gasteiger partial charge in [0.2, 0.25) is 5.91 Å². The maximum atomic E-state index is 12.6. The molecule has 2 aliphatic rings. The molecule has 0 atom stereocenters. The molecular formula is C20H17N3O2S. The molecule has 3 aromatic rings. The highest BCUT2D eigenvalue weighted by Crippen LogP contribution is 2.37. The molecule has 1 aliphatic heterocycles. The summed E-state index contributed by atoms with van der Waals surface area (Å²) in [6, 6.07) is 11.3. The fourth-order valence-electron chi connectivity index (χ4n) is 3.44. The second-order valence-electron chi connectivity index (χ2n) is 6.85. The third-order valence-corrected chi connectivity index (χ3v) is 5.82. The number of hydrogen-bond acceptors (Lipinski definition) is 4. The van der Waals surface area contributed by atoms with Crippen molar-refractivity contribution in [3.05, 3.63) is 53.0 Å². The van der Waals surface area contributed by atoms with Crippen LogP contribution in [0.25, 0.3) is 10.2 Å². The normalized spacial score (nSPS) is 15.9. The molecule has 2 heterocycles. The molecule has 0 unspecified atom stereocenters. The van der Waals surface area contributed by atoms with Crippen LogP contribution in [0.1, 0.15) is 28.8 Å². The number of rotatable bonds is 3. The maximum absolute atomic E-state index is 12.6. The molecule has 0 radical (unpaired) electrons. The molecule has 1 N–H and O–H groups in total. The smallest absolute Gasteiger partial charge is 0.255 e. The van der Waals surface area contributed by atoms with Crippen LogP contribution in [0.15, 0.2) is 41.9 Å². The quantitative estimate of drug-likeness (QED) is 0.769. The van der Waals surface area contributed by atoms with E-state index in [9.17, 15) is 9.59 Å². The summed E-state index contributed by atoms with van der Waals surface area (Å²) in [4.78, 5) is 31.2. The first-order valence-corrected chi connectivity index (χ1v) is 9.66. The molecular weight excluding hydrogens is 346 g/mol. The van der Waals surface area contributed by atoms with Gasteiger partial charge in [-0.1, -0.05) is 6.07 Å². The summed E-state index contributed by atoms with van der Waals surface area (Å²) in [5.74, 6) is 0.270. The van der Waals surface area contributed by atoms with Crippen LogP contribution in [0, 0.1) is 5.92 Å². The Kier molecular flexibility index (Phi) is 3.53. The van der Waals surface area contributed by atoms with Crippen LogP contribution in [-0.2, 0) is 11.2 Å². The third kappa shape index (κ3) is 2.66. The summed E-state index contributed by atoms with van der Waals surface area (Å²) in [7, 11) is 0. The average molecular weight is 363 g/mol. The lowest BCUT2D eigenvalue weighted by Gasteiger charge is -2.18. The van der Waals surface area contributed by atoms with Gasteiger partial charge in [0.05, 0.1) is 15.7 Å². The third-order valence-electron chi connectivity index (χ3n) is 5.02. The van der Waals surface area contributed by atoms with Gasteiger partial charge in [-0.3, -0.25) is 9.59 Å². The van der Waals surface area contributed by atoms with Crippen LogP contribution < -0.4 is 10.2 Å². The highest BCUT2D eigenvalue weighted by molar-refractivity contribution is 7.16. The second-order valence-corrected chi connectivity index (χ2v) is 7.73. The second kappa shape index (κ2) is 5.92. The van der Waals surface area contributed by atoms with Gasteiger partial charge >= 0.3 is 0 Å². The Morgan fingerprint density at radius 2 is 2.04 bits per heavy atom. The van der Waals surface area contributed by atoms with Crippen molar-refractivity contribution in [3.8, 4) is 0 Å². The predicted molar refractivity (Wildman–Crippen MR) is 103 cm³/mol. The summed E-state index contributed by atoms with van der Waals surface area (Å²) in [6.07, 6.45) is 2.88. The Bertz CT molecular complexity index is 1040. The molecule has 5 nitrogen and oxygen atoms in total. The van der Waals surface area contributed by atoms with Crippen molar-refractivity contribution in [2.75, 3.05) is 16.8 Å². The van der Waals surface area contributed by atoms with Gasteiger partial charge in [0, 0.05) is 29.4 Å². The van der Waals surface area contributed by atoms with Crippen LogP contribution >= 0.6 is 11.3 Å². The van der Waals surface area contributed by atoms with Crippen molar-refractivity contribution in [3.63, 3.8) is 0 Å². The molecule has 0 saturated heterocycles. The number of nitrogens with zero attached hydrogens (tertiary/aromatic N) is 2. The summed E-state index contributed by atoms with van der Waals surface area (Å²) in [5, 5.41) is 2.96. The lowest BCUT2D eigenvalue weighted by molar-refractivity contribution is -0.119. The fourth-order valence-corrected chi connectivity index (χ4v) is 4.15. The molecule has 1 saturated carbocycles. The van der Waals surface area contributed by atoms with E-state index in [1.54, 1.807) is 11.6 Å². The van der Waals surface area contributed by atoms with Gasteiger partial charge in [-0.25, -0.2) is 4.98 Å². The monoisotopic (exact) mass is 363 g/mol. The van der Waals surface area contributed by atoms with Gasteiger partial charge in [-0.2, -0.15) is 0 Å². The van der Waals surface area contributed by atoms with E-state index in [4.69, 9.17) is 0 Å². The largest absolute Gasteiger partial charge is 0.322 e. The Hall–Kier alpha value is -2.73. The number of carbonyl (C=O) groups excluding carboxylic acids is 2. The Morgan fingerprint density at radius 3 is 2.88 bits per heavy atom. The molecule has 5 rings (SSSR count). The van der Waals surface area contributed by atoms with Crippen molar-refractivity contribution in [1.82, 2.24) is 4.98 Å². The number of hydrogen-bond donors (Lipinski definition) is 1. The lowest BCUT2D eigenvalue weighted by Crippen LogP contribution is -2.30. The summed E-state index contributed by atoms with van der Waals surface area (Å²) < 4.78 is 0.993. The highest BCUT2D eigenvalue weighted by Gasteiger charge is 2.36. The first-order chi connectivity index (χ1) is 12.7. The van der Waals surface area contributed by atoms with Gasteiger partial charge in [0.25, 0.3) is 5.91 Å². The summed E-state index contributed by atoms with van der Waals surface area (Å²) in [6.45, 7) is 0.740. The van der Waals surface area contributed by atoms with Crippen LogP contribution in [0.5, 0.6) is 0 Å². The van der Waals surface area contributed by atoms with E-state index >= 15 is 0 Å². The van der Waals surface area contributed by atoms with E-state index in [1.165, 1.54) is 16.9 Å². The lowest BCUT2D eigenvalue weighted by atomic mass is 10.1. The molecule has 1 fully saturated rings. The highest BCUT2D eigenvalue weighted by atomic mass is 32.1. The standard InChI is InChI=1S/C20H17N3O2S/c24-19(14-4-6-16-18(9-14)26-11-21-16)22-15-5-3-12-7-8-23(17(12)10-15)20(25)13-1-2-13/h3-6,9-11,13H,1-2,7-8H2,(H,22,24). The Morgan fingerprint density at radius 1 is 1.15 bits per heavy atom. The van der Waals surface area contributed by atoms with Gasteiger partial charge in [-0.05, 0) is 55.2 Å². The Labute approximate surface area is 154 Å². The van der Waals surface area contributed by atoms with Gasteiger partial charge in [0.15, 0.2) is 0 Å². The van der Waals surface area contributed by atoms with Crippen LogP contribution in [-0.4, -0.2) is 23.3 Å². The van der Waals surface area contributed by atoms with Crippen molar-refractivity contribution in [2.45, 2.75) is 19.3 Å². The summed E-state index contributed by atoms with van der Waals surface area (Å²) in [5.41, 5.74) is 6.11. The maximum Gasteiger partial charge on any atom is 0.255 e. The van der Waals surface area contributed by atoms with Gasteiger partial charge in [0.1, 0.15) is 0 Å². The molecule has 2 amide bonds. The van der Waals surface area contributed by atoms with E-state index in [0.29, 0.717) is 11.3 Å². The molecule has 1 aromatic heterocycles. The van der Waals surface area contributed by atoms with Gasteiger partial charge < -0.3 is 10.2 Å². The zero-order valence-electron chi connectivity index (χ0n) is 14.1. The summed E-state index contributed by atoms with van der Waals surface area (Å²) >= 11 is 1.52.